The minimum atomic E-state index is -0.555. The van der Waals surface area contributed by atoms with Crippen molar-refractivity contribution >= 4 is 11.0 Å². The Kier molecular flexibility index (Phi) is 3.20. The van der Waals surface area contributed by atoms with E-state index < -0.39 is 5.56 Å². The van der Waals surface area contributed by atoms with Gasteiger partial charge in [0.1, 0.15) is 11.1 Å². The van der Waals surface area contributed by atoms with Crippen LogP contribution in [0, 0.1) is 0 Å². The minimum absolute atomic E-state index is 0. The number of fused-ring (bicyclic) bond motifs is 1. The van der Waals surface area contributed by atoms with Crippen molar-refractivity contribution in [2.75, 3.05) is 0 Å². The Morgan fingerprint density at radius 3 is 2.54 bits per heavy atom. The molecule has 5 nitrogen and oxygen atoms in total. The SMILES string of the molecule is O=c1[n-]oc2cc(O)c(O)cc12.[K+]. The van der Waals surface area contributed by atoms with Gasteiger partial charge in [0.05, 0.1) is 0 Å². The summed E-state index contributed by atoms with van der Waals surface area (Å²) < 4.78 is 4.55. The summed E-state index contributed by atoms with van der Waals surface area (Å²) in [6, 6.07) is 2.25. The van der Waals surface area contributed by atoms with Gasteiger partial charge in [-0.3, -0.25) is 0 Å². The first-order valence-corrected chi connectivity index (χ1v) is 3.17. The molecule has 0 unspecified atom stereocenters. The van der Waals surface area contributed by atoms with Crippen LogP contribution in [0.3, 0.4) is 0 Å². The van der Waals surface area contributed by atoms with Crippen molar-refractivity contribution < 1.29 is 66.1 Å². The maximum absolute atomic E-state index is 10.8. The quantitative estimate of drug-likeness (QED) is 0.357. The fourth-order valence-corrected chi connectivity index (χ4v) is 0.940. The summed E-state index contributed by atoms with van der Waals surface area (Å²) in [4.78, 5) is 10.8. The average Bonchev–Trinajstić information content (AvgIpc) is 2.35. The molecule has 2 N–H and O–H groups in total. The molecule has 1 aromatic heterocycles. The van der Waals surface area contributed by atoms with Crippen molar-refractivity contribution in [1.29, 1.82) is 0 Å². The van der Waals surface area contributed by atoms with Crippen LogP contribution >= 0.6 is 0 Å². The van der Waals surface area contributed by atoms with Crippen molar-refractivity contribution in [1.82, 2.24) is 5.16 Å². The first-order chi connectivity index (χ1) is 5.68. The molecule has 0 spiro atoms. The number of hydrogen-bond donors (Lipinski definition) is 2. The van der Waals surface area contributed by atoms with Gasteiger partial charge in [-0.15, -0.1) is 0 Å². The molecule has 0 fully saturated rings. The summed E-state index contributed by atoms with van der Waals surface area (Å²) in [7, 11) is 0. The third kappa shape index (κ3) is 1.81. The van der Waals surface area contributed by atoms with Crippen LogP contribution < -0.4 is 62.1 Å². The van der Waals surface area contributed by atoms with Crippen LogP contribution in [-0.4, -0.2) is 10.2 Å². The van der Waals surface area contributed by atoms with Crippen molar-refractivity contribution in [3.63, 3.8) is 0 Å². The standard InChI is InChI=1S/C7H5NO4.K/c9-4-1-3-6(2-5(4)10)12-8-7(3)11;/h1-2H,(H3,8,9,10,11);/q;+1/p-1. The predicted molar refractivity (Wildman–Crippen MR) is 39.1 cm³/mol. The molecule has 0 aliphatic heterocycles. The topological polar surface area (TPSA) is 84.8 Å². The van der Waals surface area contributed by atoms with Crippen molar-refractivity contribution in [3.05, 3.63) is 22.5 Å². The summed E-state index contributed by atoms with van der Waals surface area (Å²) in [6.07, 6.45) is 0. The van der Waals surface area contributed by atoms with E-state index in [2.05, 4.69) is 9.68 Å². The Hall–Kier alpha value is -0.274. The number of rotatable bonds is 0. The van der Waals surface area contributed by atoms with Gasteiger partial charge in [0.15, 0.2) is 11.5 Å². The van der Waals surface area contributed by atoms with E-state index in [4.69, 9.17) is 10.2 Å². The second-order valence-electron chi connectivity index (χ2n) is 2.32. The molecule has 0 atom stereocenters. The molecule has 0 saturated carbocycles. The molecule has 0 saturated heterocycles. The maximum atomic E-state index is 10.8. The Balaban J connectivity index is 0.000000845. The Morgan fingerprint density at radius 1 is 1.23 bits per heavy atom. The summed E-state index contributed by atoms with van der Waals surface area (Å²) in [6.45, 7) is 0. The van der Waals surface area contributed by atoms with E-state index in [9.17, 15) is 4.79 Å². The van der Waals surface area contributed by atoms with Gasteiger partial charge < -0.3 is 24.7 Å². The van der Waals surface area contributed by atoms with Crippen LogP contribution in [0.1, 0.15) is 0 Å². The van der Waals surface area contributed by atoms with E-state index in [0.29, 0.717) is 0 Å². The summed E-state index contributed by atoms with van der Waals surface area (Å²) >= 11 is 0. The number of nitrogens with zero attached hydrogens (tertiary/aromatic N) is 1. The van der Waals surface area contributed by atoms with E-state index in [-0.39, 0.29) is 73.9 Å². The van der Waals surface area contributed by atoms with Crippen LogP contribution in [0.15, 0.2) is 21.5 Å². The first-order valence-electron chi connectivity index (χ1n) is 3.17. The van der Waals surface area contributed by atoms with E-state index in [1.165, 1.54) is 0 Å². The normalized spacial score (nSPS) is 9.85. The van der Waals surface area contributed by atoms with E-state index in [0.717, 1.165) is 12.1 Å². The average molecular weight is 205 g/mol. The van der Waals surface area contributed by atoms with Gasteiger partial charge >= 0.3 is 51.4 Å². The molecule has 1 aromatic carbocycles. The van der Waals surface area contributed by atoms with E-state index in [1.54, 1.807) is 0 Å². The number of phenols is 2. The first kappa shape index (κ1) is 10.8. The maximum Gasteiger partial charge on any atom is 1.00 e. The molecule has 0 aliphatic rings. The zero-order chi connectivity index (χ0) is 8.72. The molecule has 1 heterocycles. The van der Waals surface area contributed by atoms with Crippen LogP contribution in [0.5, 0.6) is 11.5 Å². The third-order valence-corrected chi connectivity index (χ3v) is 1.53. The van der Waals surface area contributed by atoms with Crippen molar-refractivity contribution in [3.8, 4) is 11.5 Å². The summed E-state index contributed by atoms with van der Waals surface area (Å²) in [5.74, 6) is -0.693. The third-order valence-electron chi connectivity index (χ3n) is 1.53. The number of hydrogen-bond acceptors (Lipinski definition) is 4. The molecular weight excluding hydrogens is 201 g/mol. The predicted octanol–water partition coefficient (Wildman–Crippen LogP) is -2.83. The Labute approximate surface area is 115 Å². The Bertz CT molecular complexity index is 487. The second kappa shape index (κ2) is 3.85. The van der Waals surface area contributed by atoms with Crippen molar-refractivity contribution in [2.45, 2.75) is 0 Å². The van der Waals surface area contributed by atoms with Gasteiger partial charge in [-0.2, -0.15) is 0 Å². The van der Waals surface area contributed by atoms with Gasteiger partial charge in [-0.1, -0.05) is 0 Å². The molecule has 62 valence electrons. The number of aromatic nitrogens is 1. The number of aromatic hydroxyl groups is 2. The van der Waals surface area contributed by atoms with Crippen molar-refractivity contribution in [2.24, 2.45) is 0 Å². The Morgan fingerprint density at radius 2 is 1.85 bits per heavy atom. The summed E-state index contributed by atoms with van der Waals surface area (Å²) in [5.41, 5.74) is -0.393. The number of phenolic OH excluding ortho intramolecular Hbond substituents is 2. The molecule has 2 aromatic rings. The second-order valence-corrected chi connectivity index (χ2v) is 2.32. The largest absolute Gasteiger partial charge is 1.00 e. The molecule has 6 heteroatoms. The van der Waals surface area contributed by atoms with Crippen LogP contribution in [0.2, 0.25) is 0 Å². The molecule has 13 heavy (non-hydrogen) atoms. The van der Waals surface area contributed by atoms with Gasteiger partial charge in [0.25, 0.3) is 0 Å². The number of benzene rings is 1. The van der Waals surface area contributed by atoms with Crippen LogP contribution in [-0.2, 0) is 0 Å². The summed E-state index contributed by atoms with van der Waals surface area (Å²) in [5, 5.41) is 21.3. The molecule has 0 radical (unpaired) electrons. The smallest absolute Gasteiger partial charge is 0.554 e. The molecule has 0 amide bonds. The van der Waals surface area contributed by atoms with Crippen LogP contribution in [0.4, 0.5) is 0 Å². The van der Waals surface area contributed by atoms with Gasteiger partial charge in [-0.25, -0.2) is 0 Å². The van der Waals surface area contributed by atoms with Gasteiger partial charge in [0, 0.05) is 11.5 Å². The molecular formula is C7H4KNO4. The fourth-order valence-electron chi connectivity index (χ4n) is 0.940. The fraction of sp³-hybridized carbons (Fsp3) is 0. The van der Waals surface area contributed by atoms with Gasteiger partial charge in [0.2, 0.25) is 0 Å². The monoisotopic (exact) mass is 205 g/mol. The van der Waals surface area contributed by atoms with Gasteiger partial charge in [-0.05, 0) is 6.07 Å². The molecule has 0 bridgehead atoms. The molecule has 2 rings (SSSR count). The zero-order valence-corrected chi connectivity index (χ0v) is 9.94. The molecule has 0 aliphatic carbocycles. The zero-order valence-electron chi connectivity index (χ0n) is 6.81. The van der Waals surface area contributed by atoms with E-state index >= 15 is 0 Å². The van der Waals surface area contributed by atoms with Crippen LogP contribution in [0.25, 0.3) is 11.0 Å². The van der Waals surface area contributed by atoms with E-state index in [1.807, 2.05) is 0 Å². The minimum Gasteiger partial charge on any atom is -0.554 e.